The average molecular weight is 454 g/mol. The summed E-state index contributed by atoms with van der Waals surface area (Å²) in [5, 5.41) is 9.95. The largest absolute Gasteiger partial charge is 0.365 e. The Morgan fingerprint density at radius 1 is 1.19 bits per heavy atom. The number of rotatable bonds is 7. The SMILES string of the molecule is Cc1cnc(Nc2ccc3c(c2)CCNC3)nc1NCc1cccnc1N(C)S(C)(=O)=O. The van der Waals surface area contributed by atoms with Crippen LogP contribution in [-0.2, 0) is 29.5 Å². The maximum atomic E-state index is 12.0. The summed E-state index contributed by atoms with van der Waals surface area (Å²) in [5.41, 5.74) is 5.23. The Bertz CT molecular complexity index is 1230. The van der Waals surface area contributed by atoms with E-state index in [1.165, 1.54) is 22.5 Å². The third-order valence-electron chi connectivity index (χ3n) is 5.43. The molecule has 0 unspecified atom stereocenters. The average Bonchev–Trinajstić information content (AvgIpc) is 2.78. The Labute approximate surface area is 188 Å². The van der Waals surface area contributed by atoms with Crippen LogP contribution in [0.5, 0.6) is 0 Å². The summed E-state index contributed by atoms with van der Waals surface area (Å²) in [6, 6.07) is 9.93. The van der Waals surface area contributed by atoms with E-state index >= 15 is 0 Å². The van der Waals surface area contributed by atoms with Gasteiger partial charge in [-0.3, -0.25) is 4.31 Å². The van der Waals surface area contributed by atoms with Gasteiger partial charge in [-0.05, 0) is 49.2 Å². The van der Waals surface area contributed by atoms with E-state index in [9.17, 15) is 8.42 Å². The van der Waals surface area contributed by atoms with Crippen LogP contribution in [0.25, 0.3) is 0 Å². The molecule has 1 aromatic carbocycles. The van der Waals surface area contributed by atoms with Crippen molar-refractivity contribution in [2.24, 2.45) is 0 Å². The number of fused-ring (bicyclic) bond motifs is 1. The van der Waals surface area contributed by atoms with Crippen LogP contribution in [0.1, 0.15) is 22.3 Å². The zero-order chi connectivity index (χ0) is 22.7. The number of hydrogen-bond donors (Lipinski definition) is 3. The molecule has 0 saturated carbocycles. The molecule has 1 aliphatic heterocycles. The highest BCUT2D eigenvalue weighted by Crippen LogP contribution is 2.23. The summed E-state index contributed by atoms with van der Waals surface area (Å²) >= 11 is 0. The predicted molar refractivity (Wildman–Crippen MR) is 127 cm³/mol. The minimum atomic E-state index is -3.41. The number of pyridine rings is 1. The normalized spacial score (nSPS) is 13.3. The number of benzene rings is 1. The van der Waals surface area contributed by atoms with Gasteiger partial charge in [0.15, 0.2) is 0 Å². The van der Waals surface area contributed by atoms with Crippen molar-refractivity contribution in [2.45, 2.75) is 26.4 Å². The second kappa shape index (κ2) is 9.09. The molecule has 0 fully saturated rings. The lowest BCUT2D eigenvalue weighted by molar-refractivity contribution is 0.599. The molecule has 9 nitrogen and oxygen atoms in total. The summed E-state index contributed by atoms with van der Waals surface area (Å²) in [6.07, 6.45) is 5.49. The number of aromatic nitrogens is 3. The van der Waals surface area contributed by atoms with Crippen LogP contribution < -0.4 is 20.3 Å². The van der Waals surface area contributed by atoms with Gasteiger partial charge in [-0.15, -0.1) is 0 Å². The van der Waals surface area contributed by atoms with E-state index in [1.807, 2.05) is 19.1 Å². The fraction of sp³-hybridized carbons (Fsp3) is 0.318. The van der Waals surface area contributed by atoms with Crippen molar-refractivity contribution >= 4 is 33.3 Å². The molecular formula is C22H27N7O2S. The van der Waals surface area contributed by atoms with Gasteiger partial charge in [-0.2, -0.15) is 4.98 Å². The number of hydrogen-bond acceptors (Lipinski definition) is 8. The molecule has 3 aromatic rings. The fourth-order valence-corrected chi connectivity index (χ4v) is 4.03. The standard InChI is InChI=1S/C22H27N7O2S/c1-15-12-26-22(27-19-7-6-17-13-23-10-8-16(17)11-19)28-20(15)25-14-18-5-4-9-24-21(18)29(2)32(3,30)31/h4-7,9,11-12,23H,8,10,13-14H2,1-3H3,(H2,25,26,27,28). The second-order valence-electron chi connectivity index (χ2n) is 7.83. The Hall–Kier alpha value is -3.24. The van der Waals surface area contributed by atoms with Gasteiger partial charge in [0.25, 0.3) is 0 Å². The molecule has 0 spiro atoms. The van der Waals surface area contributed by atoms with Crippen LogP contribution in [0.4, 0.5) is 23.3 Å². The van der Waals surface area contributed by atoms with Gasteiger partial charge in [0.1, 0.15) is 11.6 Å². The number of anilines is 4. The summed E-state index contributed by atoms with van der Waals surface area (Å²) in [6.45, 7) is 4.17. The van der Waals surface area contributed by atoms with Crippen molar-refractivity contribution in [3.05, 3.63) is 65.0 Å². The minimum Gasteiger partial charge on any atom is -0.365 e. The number of sulfonamides is 1. The maximum Gasteiger partial charge on any atom is 0.233 e. The quantitative estimate of drug-likeness (QED) is 0.500. The molecular weight excluding hydrogens is 426 g/mol. The van der Waals surface area contributed by atoms with Crippen LogP contribution in [0.3, 0.4) is 0 Å². The summed E-state index contributed by atoms with van der Waals surface area (Å²) in [5.74, 6) is 1.55. The van der Waals surface area contributed by atoms with Crippen LogP contribution in [0.15, 0.2) is 42.7 Å². The Kier molecular flexibility index (Phi) is 6.24. The van der Waals surface area contributed by atoms with E-state index in [-0.39, 0.29) is 0 Å². The molecule has 0 amide bonds. The molecule has 0 radical (unpaired) electrons. The Balaban J connectivity index is 1.51. The molecule has 3 N–H and O–H groups in total. The van der Waals surface area contributed by atoms with Crippen LogP contribution in [0, 0.1) is 6.92 Å². The van der Waals surface area contributed by atoms with Crippen molar-refractivity contribution in [3.8, 4) is 0 Å². The molecule has 2 aromatic heterocycles. The molecule has 32 heavy (non-hydrogen) atoms. The second-order valence-corrected chi connectivity index (χ2v) is 9.84. The zero-order valence-corrected chi connectivity index (χ0v) is 19.2. The smallest absolute Gasteiger partial charge is 0.233 e. The van der Waals surface area contributed by atoms with Crippen molar-refractivity contribution in [1.29, 1.82) is 0 Å². The molecule has 1 aliphatic rings. The zero-order valence-electron chi connectivity index (χ0n) is 18.4. The molecule has 0 saturated heterocycles. The molecule has 3 heterocycles. The minimum absolute atomic E-state index is 0.367. The van der Waals surface area contributed by atoms with E-state index in [1.54, 1.807) is 18.5 Å². The highest BCUT2D eigenvalue weighted by molar-refractivity contribution is 7.92. The number of nitrogens with one attached hydrogen (secondary N) is 3. The first-order chi connectivity index (χ1) is 15.3. The third-order valence-corrected chi connectivity index (χ3v) is 6.60. The fourth-order valence-electron chi connectivity index (χ4n) is 3.55. The number of aryl methyl sites for hydroxylation is 1. The van der Waals surface area contributed by atoms with Crippen LogP contribution >= 0.6 is 0 Å². The van der Waals surface area contributed by atoms with Crippen molar-refractivity contribution in [1.82, 2.24) is 20.3 Å². The Morgan fingerprint density at radius 3 is 2.84 bits per heavy atom. The van der Waals surface area contributed by atoms with Gasteiger partial charge in [-0.1, -0.05) is 12.1 Å². The highest BCUT2D eigenvalue weighted by Gasteiger charge is 2.17. The first-order valence-corrected chi connectivity index (χ1v) is 12.2. The molecule has 0 atom stereocenters. The molecule has 4 rings (SSSR count). The molecule has 0 bridgehead atoms. The summed E-state index contributed by atoms with van der Waals surface area (Å²) in [7, 11) is -1.92. The van der Waals surface area contributed by atoms with E-state index in [2.05, 4.69) is 43.0 Å². The molecule has 168 valence electrons. The first kappa shape index (κ1) is 22.0. The molecule has 10 heteroatoms. The van der Waals surface area contributed by atoms with Crippen molar-refractivity contribution < 1.29 is 8.42 Å². The first-order valence-electron chi connectivity index (χ1n) is 10.4. The lowest BCUT2D eigenvalue weighted by Crippen LogP contribution is -2.27. The van der Waals surface area contributed by atoms with Crippen LogP contribution in [-0.4, -0.2) is 43.2 Å². The molecule has 0 aliphatic carbocycles. The number of nitrogens with zero attached hydrogens (tertiary/aromatic N) is 4. The third kappa shape index (κ3) is 4.97. The van der Waals surface area contributed by atoms with E-state index in [0.717, 1.165) is 42.6 Å². The summed E-state index contributed by atoms with van der Waals surface area (Å²) in [4.78, 5) is 13.3. The van der Waals surface area contributed by atoms with Crippen LogP contribution in [0.2, 0.25) is 0 Å². The summed E-state index contributed by atoms with van der Waals surface area (Å²) < 4.78 is 25.1. The van der Waals surface area contributed by atoms with Crippen molar-refractivity contribution in [2.75, 3.05) is 34.8 Å². The maximum absolute atomic E-state index is 12.0. The monoisotopic (exact) mass is 453 g/mol. The van der Waals surface area contributed by atoms with Crippen molar-refractivity contribution in [3.63, 3.8) is 0 Å². The van der Waals surface area contributed by atoms with E-state index in [4.69, 9.17) is 0 Å². The van der Waals surface area contributed by atoms with Gasteiger partial charge in [0.2, 0.25) is 16.0 Å². The predicted octanol–water partition coefficient (Wildman–Crippen LogP) is 2.58. The van der Waals surface area contributed by atoms with E-state index in [0.29, 0.717) is 24.1 Å². The lowest BCUT2D eigenvalue weighted by atomic mass is 10.0. The lowest BCUT2D eigenvalue weighted by Gasteiger charge is -2.19. The van der Waals surface area contributed by atoms with Gasteiger partial charge < -0.3 is 16.0 Å². The van der Waals surface area contributed by atoms with Gasteiger partial charge in [-0.25, -0.2) is 18.4 Å². The topological polar surface area (TPSA) is 112 Å². The van der Waals surface area contributed by atoms with E-state index < -0.39 is 10.0 Å². The van der Waals surface area contributed by atoms with Gasteiger partial charge in [0, 0.05) is 49.3 Å². The Morgan fingerprint density at radius 2 is 2.03 bits per heavy atom. The van der Waals surface area contributed by atoms with Gasteiger partial charge in [0.05, 0.1) is 6.26 Å². The highest BCUT2D eigenvalue weighted by atomic mass is 32.2. The van der Waals surface area contributed by atoms with Gasteiger partial charge >= 0.3 is 0 Å².